The van der Waals surface area contributed by atoms with Crippen molar-refractivity contribution in [2.45, 2.75) is 0 Å². The van der Waals surface area contributed by atoms with E-state index in [-0.39, 0.29) is 5.71 Å². The predicted octanol–water partition coefficient (Wildman–Crippen LogP) is 1.13. The van der Waals surface area contributed by atoms with Crippen LogP contribution in [0, 0.1) is 0 Å². The van der Waals surface area contributed by atoms with Gasteiger partial charge >= 0.3 is 5.97 Å². The highest BCUT2D eigenvalue weighted by atomic mass is 16.6. The number of methoxy groups -OCH3 is 1. The molecule has 1 N–H and O–H groups in total. The van der Waals surface area contributed by atoms with E-state index in [2.05, 4.69) is 9.99 Å². The number of carbonyl (C=O) groups is 1. The van der Waals surface area contributed by atoms with E-state index in [1.807, 2.05) is 0 Å². The second kappa shape index (κ2) is 4.99. The Morgan fingerprint density at radius 2 is 2.00 bits per heavy atom. The number of nitrogens with zero attached hydrogens (tertiary/aromatic N) is 1. The summed E-state index contributed by atoms with van der Waals surface area (Å²) in [6.45, 7) is 0. The van der Waals surface area contributed by atoms with Crippen molar-refractivity contribution in [1.29, 1.82) is 0 Å². The Labute approximate surface area is 86.9 Å². The molecule has 0 heterocycles. The Morgan fingerprint density at radius 3 is 2.53 bits per heavy atom. The molecule has 0 bridgehead atoms. The van der Waals surface area contributed by atoms with Gasteiger partial charge in [0.2, 0.25) is 0 Å². The molecule has 0 atom stereocenters. The van der Waals surface area contributed by atoms with Crippen LogP contribution in [0.25, 0.3) is 0 Å². The molecule has 1 aromatic carbocycles. The van der Waals surface area contributed by atoms with E-state index in [1.165, 1.54) is 14.2 Å². The van der Waals surface area contributed by atoms with Crippen molar-refractivity contribution in [3.05, 3.63) is 29.8 Å². The molecule has 0 saturated heterocycles. The van der Waals surface area contributed by atoms with Gasteiger partial charge in [0.15, 0.2) is 5.71 Å². The normalized spacial score (nSPS) is 10.9. The zero-order valence-corrected chi connectivity index (χ0v) is 8.43. The molecule has 0 unspecified atom stereocenters. The van der Waals surface area contributed by atoms with Gasteiger partial charge in [-0.05, 0) is 12.1 Å². The van der Waals surface area contributed by atoms with Crippen molar-refractivity contribution in [2.75, 3.05) is 14.2 Å². The lowest BCUT2D eigenvalue weighted by Crippen LogP contribution is -2.15. The fourth-order valence-corrected chi connectivity index (χ4v) is 1.13. The van der Waals surface area contributed by atoms with Crippen LogP contribution in [0.1, 0.15) is 5.56 Å². The number of oxime groups is 1. The minimum Gasteiger partial charge on any atom is -0.496 e. The summed E-state index contributed by atoms with van der Waals surface area (Å²) >= 11 is 0. The van der Waals surface area contributed by atoms with Gasteiger partial charge < -0.3 is 14.7 Å². The summed E-state index contributed by atoms with van der Waals surface area (Å²) in [7, 11) is 2.75. The third kappa shape index (κ3) is 2.46. The number of carboxylic acids is 1. The highest BCUT2D eigenvalue weighted by Gasteiger charge is 2.17. The van der Waals surface area contributed by atoms with Crippen LogP contribution in [-0.4, -0.2) is 31.0 Å². The molecule has 1 aromatic rings. The average molecular weight is 209 g/mol. The van der Waals surface area contributed by atoms with Crippen molar-refractivity contribution in [2.24, 2.45) is 5.16 Å². The molecular formula is C10H11NO4. The Balaban J connectivity index is 3.22. The van der Waals surface area contributed by atoms with E-state index in [1.54, 1.807) is 24.3 Å². The Kier molecular flexibility index (Phi) is 3.68. The predicted molar refractivity (Wildman–Crippen MR) is 54.2 cm³/mol. The third-order valence-corrected chi connectivity index (χ3v) is 1.75. The van der Waals surface area contributed by atoms with Crippen LogP contribution in [0.5, 0.6) is 5.75 Å². The van der Waals surface area contributed by atoms with Crippen molar-refractivity contribution in [3.8, 4) is 5.75 Å². The lowest BCUT2D eigenvalue weighted by atomic mass is 10.1. The van der Waals surface area contributed by atoms with Gasteiger partial charge in [-0.1, -0.05) is 17.3 Å². The zero-order chi connectivity index (χ0) is 11.3. The zero-order valence-electron chi connectivity index (χ0n) is 8.43. The minimum atomic E-state index is -1.17. The van der Waals surface area contributed by atoms with Crippen LogP contribution in [0.2, 0.25) is 0 Å². The number of ether oxygens (including phenoxy) is 1. The molecule has 80 valence electrons. The first kappa shape index (κ1) is 11.0. The molecule has 0 radical (unpaired) electrons. The topological polar surface area (TPSA) is 68.1 Å². The summed E-state index contributed by atoms with van der Waals surface area (Å²) in [5, 5.41) is 12.4. The SMILES string of the molecule is CO/N=C(/C(=O)O)c1ccccc1OC. The Hall–Kier alpha value is -2.04. The molecular weight excluding hydrogens is 198 g/mol. The van der Waals surface area contributed by atoms with E-state index >= 15 is 0 Å². The highest BCUT2D eigenvalue weighted by Crippen LogP contribution is 2.18. The van der Waals surface area contributed by atoms with Crippen molar-refractivity contribution in [1.82, 2.24) is 0 Å². The minimum absolute atomic E-state index is 0.185. The number of carboxylic acid groups (broad SMARTS) is 1. The molecule has 0 amide bonds. The molecule has 0 aliphatic heterocycles. The Morgan fingerprint density at radius 1 is 1.33 bits per heavy atom. The van der Waals surface area contributed by atoms with Crippen LogP contribution < -0.4 is 4.74 Å². The van der Waals surface area contributed by atoms with Gasteiger partial charge in [0.25, 0.3) is 0 Å². The number of hydrogen-bond donors (Lipinski definition) is 1. The largest absolute Gasteiger partial charge is 0.496 e. The number of hydrogen-bond acceptors (Lipinski definition) is 4. The monoisotopic (exact) mass is 209 g/mol. The lowest BCUT2D eigenvalue weighted by Gasteiger charge is -2.06. The van der Waals surface area contributed by atoms with Gasteiger partial charge in [0.1, 0.15) is 12.9 Å². The van der Waals surface area contributed by atoms with Crippen molar-refractivity contribution < 1.29 is 19.5 Å². The molecule has 0 fully saturated rings. The van der Waals surface area contributed by atoms with Crippen LogP contribution in [0.15, 0.2) is 29.4 Å². The molecule has 1 rings (SSSR count). The maximum atomic E-state index is 10.9. The van der Waals surface area contributed by atoms with Gasteiger partial charge in [-0.25, -0.2) is 4.79 Å². The first-order chi connectivity index (χ1) is 7.20. The molecule has 15 heavy (non-hydrogen) atoms. The molecule has 0 saturated carbocycles. The first-order valence-electron chi connectivity index (χ1n) is 4.18. The second-order valence-corrected chi connectivity index (χ2v) is 2.63. The summed E-state index contributed by atoms with van der Waals surface area (Å²) < 4.78 is 5.02. The lowest BCUT2D eigenvalue weighted by molar-refractivity contribution is -0.129. The van der Waals surface area contributed by atoms with Gasteiger partial charge in [0.05, 0.1) is 12.7 Å². The molecule has 0 aliphatic rings. The molecule has 5 heteroatoms. The maximum Gasteiger partial charge on any atom is 0.358 e. The van der Waals surface area contributed by atoms with Crippen molar-refractivity contribution in [3.63, 3.8) is 0 Å². The highest BCUT2D eigenvalue weighted by molar-refractivity contribution is 6.43. The van der Waals surface area contributed by atoms with E-state index in [0.29, 0.717) is 11.3 Å². The number of para-hydroxylation sites is 1. The third-order valence-electron chi connectivity index (χ3n) is 1.75. The standard InChI is InChI=1S/C10H11NO4/c1-14-8-6-4-3-5-7(8)9(10(12)13)11-15-2/h3-6H,1-2H3,(H,12,13)/b11-9+. The summed E-state index contributed by atoms with van der Waals surface area (Å²) in [6.07, 6.45) is 0. The first-order valence-corrected chi connectivity index (χ1v) is 4.18. The van der Waals surface area contributed by atoms with E-state index in [4.69, 9.17) is 9.84 Å². The number of benzene rings is 1. The van der Waals surface area contributed by atoms with Crippen LogP contribution >= 0.6 is 0 Å². The summed E-state index contributed by atoms with van der Waals surface area (Å²) in [4.78, 5) is 15.4. The van der Waals surface area contributed by atoms with Crippen LogP contribution in [0.3, 0.4) is 0 Å². The molecule has 0 spiro atoms. The summed E-state index contributed by atoms with van der Waals surface area (Å²) in [5.41, 5.74) is 0.198. The fraction of sp³-hybridized carbons (Fsp3) is 0.200. The molecule has 0 aliphatic carbocycles. The quantitative estimate of drug-likeness (QED) is 0.596. The van der Waals surface area contributed by atoms with E-state index < -0.39 is 5.97 Å². The van der Waals surface area contributed by atoms with E-state index in [9.17, 15) is 4.79 Å². The van der Waals surface area contributed by atoms with Gasteiger partial charge in [-0.2, -0.15) is 0 Å². The number of rotatable bonds is 4. The maximum absolute atomic E-state index is 10.9. The van der Waals surface area contributed by atoms with Crippen LogP contribution in [-0.2, 0) is 9.63 Å². The fourth-order valence-electron chi connectivity index (χ4n) is 1.13. The molecule has 0 aromatic heterocycles. The smallest absolute Gasteiger partial charge is 0.358 e. The van der Waals surface area contributed by atoms with Crippen LogP contribution in [0.4, 0.5) is 0 Å². The van der Waals surface area contributed by atoms with E-state index in [0.717, 1.165) is 0 Å². The summed E-state index contributed by atoms with van der Waals surface area (Å²) in [6, 6.07) is 6.70. The van der Waals surface area contributed by atoms with Crippen molar-refractivity contribution >= 4 is 11.7 Å². The Bertz CT molecular complexity index is 387. The second-order valence-electron chi connectivity index (χ2n) is 2.63. The van der Waals surface area contributed by atoms with Gasteiger partial charge in [-0.15, -0.1) is 0 Å². The summed E-state index contributed by atoms with van der Waals surface area (Å²) in [5.74, 6) is -0.725. The van der Waals surface area contributed by atoms with Gasteiger partial charge in [-0.3, -0.25) is 0 Å². The van der Waals surface area contributed by atoms with Gasteiger partial charge in [0, 0.05) is 0 Å². The molecule has 5 nitrogen and oxygen atoms in total. The average Bonchev–Trinajstić information content (AvgIpc) is 2.25. The number of aliphatic carboxylic acids is 1.